The van der Waals surface area contributed by atoms with Gasteiger partial charge in [0.15, 0.2) is 0 Å². The van der Waals surface area contributed by atoms with Gasteiger partial charge in [-0.25, -0.2) is 0 Å². The smallest absolute Gasteiger partial charge is 0.323 e. The summed E-state index contributed by atoms with van der Waals surface area (Å²) in [6, 6.07) is 1.89. The van der Waals surface area contributed by atoms with Gasteiger partial charge in [-0.05, 0) is 26.2 Å². The van der Waals surface area contributed by atoms with Crippen molar-refractivity contribution in [3.63, 3.8) is 0 Å². The number of hydrogen-bond acceptors (Lipinski definition) is 4. The van der Waals surface area contributed by atoms with Gasteiger partial charge in [-0.15, -0.1) is 0 Å². The highest BCUT2D eigenvalue weighted by Gasteiger charge is 2.35. The van der Waals surface area contributed by atoms with E-state index < -0.39 is 0 Å². The van der Waals surface area contributed by atoms with Crippen LogP contribution < -0.4 is 0 Å². The van der Waals surface area contributed by atoms with E-state index in [1.165, 1.54) is 0 Å². The van der Waals surface area contributed by atoms with Crippen molar-refractivity contribution in [1.82, 2.24) is 4.90 Å². The highest BCUT2D eigenvalue weighted by atomic mass is 16.5. The summed E-state index contributed by atoms with van der Waals surface area (Å²) in [7, 11) is 0. The van der Waals surface area contributed by atoms with Crippen LogP contribution in [0.2, 0.25) is 0 Å². The second-order valence-electron chi connectivity index (χ2n) is 3.70. The predicted octanol–water partition coefficient (Wildman–Crippen LogP) is 1.32. The van der Waals surface area contributed by atoms with Crippen molar-refractivity contribution in [2.24, 2.45) is 0 Å². The van der Waals surface area contributed by atoms with Gasteiger partial charge >= 0.3 is 5.97 Å². The maximum absolute atomic E-state index is 11.6. The number of hydrogen-bond donors (Lipinski definition) is 0. The van der Waals surface area contributed by atoms with Crippen LogP contribution in [0.25, 0.3) is 0 Å². The zero-order valence-electron chi connectivity index (χ0n) is 9.40. The van der Waals surface area contributed by atoms with E-state index in [4.69, 9.17) is 10.00 Å². The van der Waals surface area contributed by atoms with Gasteiger partial charge in [-0.3, -0.25) is 9.69 Å². The van der Waals surface area contributed by atoms with Crippen LogP contribution >= 0.6 is 0 Å². The van der Waals surface area contributed by atoms with Crippen LogP contribution in [0.3, 0.4) is 0 Å². The molecule has 0 aromatic heterocycles. The van der Waals surface area contributed by atoms with Gasteiger partial charge in [-0.1, -0.05) is 6.92 Å². The third-order valence-corrected chi connectivity index (χ3v) is 2.79. The summed E-state index contributed by atoms with van der Waals surface area (Å²) in [4.78, 5) is 13.6. The first-order valence-corrected chi connectivity index (χ1v) is 5.56. The Hall–Kier alpha value is -1.08. The Morgan fingerprint density at radius 1 is 1.67 bits per heavy atom. The minimum atomic E-state index is -0.199. The largest absolute Gasteiger partial charge is 0.465 e. The molecule has 1 rings (SSSR count). The fourth-order valence-corrected chi connectivity index (χ4v) is 2.05. The number of ether oxygens (including phenoxy) is 1. The quantitative estimate of drug-likeness (QED) is 0.657. The molecule has 0 aliphatic carbocycles. The SMILES string of the molecule is CCOC(=O)C1CCCN1C(C#N)CC. The van der Waals surface area contributed by atoms with Crippen molar-refractivity contribution in [1.29, 1.82) is 5.26 Å². The molecule has 0 aromatic rings. The lowest BCUT2D eigenvalue weighted by Gasteiger charge is -2.26. The van der Waals surface area contributed by atoms with Crippen LogP contribution in [-0.4, -0.2) is 36.1 Å². The van der Waals surface area contributed by atoms with Crippen molar-refractivity contribution < 1.29 is 9.53 Å². The molecule has 1 saturated heterocycles. The highest BCUT2D eigenvalue weighted by molar-refractivity contribution is 5.76. The highest BCUT2D eigenvalue weighted by Crippen LogP contribution is 2.22. The Bertz CT molecular complexity index is 260. The molecule has 0 amide bonds. The van der Waals surface area contributed by atoms with Crippen molar-refractivity contribution in [2.75, 3.05) is 13.2 Å². The third kappa shape index (κ3) is 2.69. The molecule has 4 heteroatoms. The van der Waals surface area contributed by atoms with E-state index in [1.807, 2.05) is 11.8 Å². The Balaban J connectivity index is 2.64. The third-order valence-electron chi connectivity index (χ3n) is 2.79. The lowest BCUT2D eigenvalue weighted by atomic mass is 10.1. The summed E-state index contributed by atoms with van der Waals surface area (Å²) in [5.41, 5.74) is 0. The number of carbonyl (C=O) groups excluding carboxylic acids is 1. The first-order chi connectivity index (χ1) is 7.24. The van der Waals surface area contributed by atoms with Crippen LogP contribution in [0.5, 0.6) is 0 Å². The first-order valence-electron chi connectivity index (χ1n) is 5.56. The molecule has 0 radical (unpaired) electrons. The lowest BCUT2D eigenvalue weighted by molar-refractivity contribution is -0.148. The molecule has 1 fully saturated rings. The second-order valence-corrected chi connectivity index (χ2v) is 3.70. The molecule has 0 saturated carbocycles. The Kier molecular flexibility index (Phi) is 4.57. The Morgan fingerprint density at radius 3 is 2.93 bits per heavy atom. The molecule has 1 aliphatic heterocycles. The van der Waals surface area contributed by atoms with E-state index in [-0.39, 0.29) is 18.1 Å². The molecular weight excluding hydrogens is 192 g/mol. The van der Waals surface area contributed by atoms with Gasteiger partial charge in [0, 0.05) is 6.54 Å². The van der Waals surface area contributed by atoms with Crippen LogP contribution in [-0.2, 0) is 9.53 Å². The fraction of sp³-hybridized carbons (Fsp3) is 0.818. The molecular formula is C11H18N2O2. The topological polar surface area (TPSA) is 53.3 Å². The molecule has 15 heavy (non-hydrogen) atoms. The van der Waals surface area contributed by atoms with E-state index in [2.05, 4.69) is 6.07 Å². The molecule has 2 unspecified atom stereocenters. The minimum absolute atomic E-state index is 0.151. The Labute approximate surface area is 90.8 Å². The normalized spacial score (nSPS) is 23.4. The zero-order valence-corrected chi connectivity index (χ0v) is 9.40. The number of rotatable bonds is 4. The monoisotopic (exact) mass is 210 g/mol. The summed E-state index contributed by atoms with van der Waals surface area (Å²) in [5, 5.41) is 8.97. The minimum Gasteiger partial charge on any atom is -0.465 e. The van der Waals surface area contributed by atoms with Gasteiger partial charge in [-0.2, -0.15) is 5.26 Å². The molecule has 1 heterocycles. The summed E-state index contributed by atoms with van der Waals surface area (Å²) < 4.78 is 5.01. The lowest BCUT2D eigenvalue weighted by Crippen LogP contribution is -2.43. The summed E-state index contributed by atoms with van der Waals surface area (Å²) in [6.07, 6.45) is 2.55. The van der Waals surface area contributed by atoms with Gasteiger partial charge in [0.1, 0.15) is 6.04 Å². The molecule has 2 atom stereocenters. The molecule has 0 bridgehead atoms. The number of likely N-dealkylation sites (tertiary alicyclic amines) is 1. The van der Waals surface area contributed by atoms with E-state index in [1.54, 1.807) is 6.92 Å². The van der Waals surface area contributed by atoms with E-state index in [0.29, 0.717) is 6.61 Å². The average Bonchev–Trinajstić information content (AvgIpc) is 2.69. The molecule has 0 spiro atoms. The number of carbonyl (C=O) groups is 1. The average molecular weight is 210 g/mol. The maximum Gasteiger partial charge on any atom is 0.323 e. The first kappa shape index (κ1) is 12.0. The maximum atomic E-state index is 11.6. The Morgan fingerprint density at radius 2 is 2.40 bits per heavy atom. The van der Waals surface area contributed by atoms with E-state index >= 15 is 0 Å². The van der Waals surface area contributed by atoms with Gasteiger partial charge in [0.25, 0.3) is 0 Å². The second kappa shape index (κ2) is 5.72. The summed E-state index contributed by atoms with van der Waals surface area (Å²) >= 11 is 0. The standard InChI is InChI=1S/C11H18N2O2/c1-3-9(8-12)13-7-5-6-10(13)11(14)15-4-2/h9-10H,3-7H2,1-2H3. The van der Waals surface area contributed by atoms with Crippen molar-refractivity contribution in [3.8, 4) is 6.07 Å². The van der Waals surface area contributed by atoms with Crippen LogP contribution in [0.15, 0.2) is 0 Å². The predicted molar refractivity (Wildman–Crippen MR) is 56.1 cm³/mol. The molecule has 0 N–H and O–H groups in total. The van der Waals surface area contributed by atoms with Crippen molar-refractivity contribution in [3.05, 3.63) is 0 Å². The number of nitrogens with zero attached hydrogens (tertiary/aromatic N) is 2. The molecule has 0 aromatic carbocycles. The van der Waals surface area contributed by atoms with Crippen LogP contribution in [0.4, 0.5) is 0 Å². The van der Waals surface area contributed by atoms with E-state index in [9.17, 15) is 4.79 Å². The van der Waals surface area contributed by atoms with Gasteiger partial charge in [0.2, 0.25) is 0 Å². The van der Waals surface area contributed by atoms with Crippen molar-refractivity contribution in [2.45, 2.75) is 45.2 Å². The number of esters is 1. The van der Waals surface area contributed by atoms with Crippen LogP contribution in [0, 0.1) is 11.3 Å². The molecule has 84 valence electrons. The van der Waals surface area contributed by atoms with Crippen molar-refractivity contribution >= 4 is 5.97 Å². The van der Waals surface area contributed by atoms with Gasteiger partial charge < -0.3 is 4.74 Å². The van der Waals surface area contributed by atoms with Gasteiger partial charge in [0.05, 0.1) is 18.7 Å². The molecule has 4 nitrogen and oxygen atoms in total. The summed E-state index contributed by atoms with van der Waals surface area (Å²) in [6.45, 7) is 5.01. The molecule has 1 aliphatic rings. The number of nitriles is 1. The van der Waals surface area contributed by atoms with Crippen LogP contribution in [0.1, 0.15) is 33.1 Å². The zero-order chi connectivity index (χ0) is 11.3. The summed E-state index contributed by atoms with van der Waals surface area (Å²) in [5.74, 6) is -0.177. The fourth-order valence-electron chi connectivity index (χ4n) is 2.05. The van der Waals surface area contributed by atoms with E-state index in [0.717, 1.165) is 25.8 Å².